The van der Waals surface area contributed by atoms with Crippen LogP contribution in [0, 0.1) is 6.92 Å². The maximum absolute atomic E-state index is 12.0. The number of carbonyl (C=O) groups is 1. The Morgan fingerprint density at radius 1 is 1.32 bits per heavy atom. The predicted octanol–water partition coefficient (Wildman–Crippen LogP) is 2.89. The van der Waals surface area contributed by atoms with Gasteiger partial charge in [-0.25, -0.2) is 4.98 Å². The summed E-state index contributed by atoms with van der Waals surface area (Å²) in [6.07, 6.45) is 2.34. The van der Waals surface area contributed by atoms with E-state index in [-0.39, 0.29) is 5.91 Å². The highest BCUT2D eigenvalue weighted by atomic mass is 32.1. The molecule has 1 aromatic carbocycles. The van der Waals surface area contributed by atoms with E-state index in [0.717, 1.165) is 28.4 Å². The van der Waals surface area contributed by atoms with E-state index in [2.05, 4.69) is 22.4 Å². The van der Waals surface area contributed by atoms with Crippen LogP contribution in [-0.2, 0) is 29.0 Å². The van der Waals surface area contributed by atoms with Gasteiger partial charge in [-0.1, -0.05) is 30.3 Å². The van der Waals surface area contributed by atoms with Crippen molar-refractivity contribution in [2.75, 3.05) is 13.7 Å². The highest BCUT2D eigenvalue weighted by molar-refractivity contribution is 7.11. The van der Waals surface area contributed by atoms with Gasteiger partial charge in [0.2, 0.25) is 5.91 Å². The molecule has 0 spiro atoms. The van der Waals surface area contributed by atoms with Crippen LogP contribution in [0.15, 0.2) is 30.3 Å². The van der Waals surface area contributed by atoms with E-state index >= 15 is 0 Å². The molecule has 0 unspecified atom stereocenters. The van der Waals surface area contributed by atoms with Gasteiger partial charge in [-0.15, -0.1) is 11.3 Å². The van der Waals surface area contributed by atoms with Gasteiger partial charge in [0.25, 0.3) is 0 Å². The minimum atomic E-state index is 0.0591. The lowest BCUT2D eigenvalue weighted by molar-refractivity contribution is -0.120. The average molecular weight is 318 g/mol. The molecule has 0 aliphatic carbocycles. The molecule has 0 saturated heterocycles. The summed E-state index contributed by atoms with van der Waals surface area (Å²) in [5.74, 6) is 0.0591. The van der Waals surface area contributed by atoms with Crippen LogP contribution in [0.5, 0.6) is 0 Å². The summed E-state index contributed by atoms with van der Waals surface area (Å²) >= 11 is 1.55. The maximum atomic E-state index is 12.0. The summed E-state index contributed by atoms with van der Waals surface area (Å²) in [5, 5.41) is 3.90. The first-order valence-corrected chi connectivity index (χ1v) is 8.25. The zero-order valence-electron chi connectivity index (χ0n) is 13.1. The Hall–Kier alpha value is -1.72. The van der Waals surface area contributed by atoms with E-state index in [4.69, 9.17) is 4.74 Å². The van der Waals surface area contributed by atoms with Crippen LogP contribution in [0.2, 0.25) is 0 Å². The number of nitrogens with zero attached hydrogens (tertiary/aromatic N) is 1. The molecule has 1 N–H and O–H groups in total. The lowest BCUT2D eigenvalue weighted by Crippen LogP contribution is -2.26. The Morgan fingerprint density at radius 2 is 2.09 bits per heavy atom. The molecule has 1 heterocycles. The fourth-order valence-corrected chi connectivity index (χ4v) is 3.25. The van der Waals surface area contributed by atoms with Crippen molar-refractivity contribution in [2.45, 2.75) is 32.8 Å². The number of methoxy groups -OCH3 is 1. The molecule has 0 aliphatic rings. The molecule has 22 heavy (non-hydrogen) atoms. The van der Waals surface area contributed by atoms with Crippen LogP contribution in [0.1, 0.15) is 27.6 Å². The van der Waals surface area contributed by atoms with E-state index in [1.54, 1.807) is 18.4 Å². The van der Waals surface area contributed by atoms with Crippen molar-refractivity contribution < 1.29 is 9.53 Å². The zero-order valence-corrected chi connectivity index (χ0v) is 13.9. The molecule has 118 valence electrons. The number of benzene rings is 1. The van der Waals surface area contributed by atoms with Crippen LogP contribution in [0.25, 0.3) is 0 Å². The van der Waals surface area contributed by atoms with Gasteiger partial charge in [-0.3, -0.25) is 4.79 Å². The monoisotopic (exact) mass is 318 g/mol. The van der Waals surface area contributed by atoms with Crippen molar-refractivity contribution in [1.82, 2.24) is 10.3 Å². The second kappa shape index (κ2) is 8.66. The number of ether oxygens (including phenoxy) is 1. The molecule has 0 saturated carbocycles. The van der Waals surface area contributed by atoms with Crippen LogP contribution < -0.4 is 5.32 Å². The number of hydrogen-bond acceptors (Lipinski definition) is 4. The van der Waals surface area contributed by atoms with E-state index < -0.39 is 0 Å². The van der Waals surface area contributed by atoms with Crippen LogP contribution in [0.3, 0.4) is 0 Å². The molecule has 0 radical (unpaired) electrons. The zero-order chi connectivity index (χ0) is 15.8. The quantitative estimate of drug-likeness (QED) is 0.762. The standard InChI is InChI=1S/C17H22N2O2S/c1-13-15(22-17(19-13)12-21-2)11-16(20)18-10-6-9-14-7-4-3-5-8-14/h3-5,7-8H,6,9-12H2,1-2H3,(H,18,20). The van der Waals surface area contributed by atoms with Gasteiger partial charge in [-0.2, -0.15) is 0 Å². The number of rotatable bonds is 8. The lowest BCUT2D eigenvalue weighted by atomic mass is 10.1. The highest BCUT2D eigenvalue weighted by Crippen LogP contribution is 2.19. The SMILES string of the molecule is COCc1nc(C)c(CC(=O)NCCCc2ccccc2)s1. The smallest absolute Gasteiger partial charge is 0.225 e. The predicted molar refractivity (Wildman–Crippen MR) is 89.0 cm³/mol. The third-order valence-electron chi connectivity index (χ3n) is 3.33. The molecule has 0 fully saturated rings. The minimum Gasteiger partial charge on any atom is -0.378 e. The first-order valence-electron chi connectivity index (χ1n) is 7.43. The summed E-state index contributed by atoms with van der Waals surface area (Å²) in [6.45, 7) is 3.15. The van der Waals surface area contributed by atoms with E-state index in [9.17, 15) is 4.79 Å². The molecule has 2 aromatic rings. The van der Waals surface area contributed by atoms with Crippen molar-refractivity contribution >= 4 is 17.2 Å². The Balaban J connectivity index is 1.71. The van der Waals surface area contributed by atoms with Crippen LogP contribution in [0.4, 0.5) is 0 Å². The fourth-order valence-electron chi connectivity index (χ4n) is 2.21. The maximum Gasteiger partial charge on any atom is 0.225 e. The topological polar surface area (TPSA) is 51.2 Å². The van der Waals surface area contributed by atoms with Gasteiger partial charge >= 0.3 is 0 Å². The number of nitrogens with one attached hydrogen (secondary N) is 1. The third kappa shape index (κ3) is 5.24. The molecule has 5 heteroatoms. The van der Waals surface area contributed by atoms with Crippen molar-refractivity contribution in [3.05, 3.63) is 51.5 Å². The number of aryl methyl sites for hydroxylation is 2. The van der Waals surface area contributed by atoms with Gasteiger partial charge < -0.3 is 10.1 Å². The summed E-state index contributed by atoms with van der Waals surface area (Å²) in [4.78, 5) is 17.4. The summed E-state index contributed by atoms with van der Waals surface area (Å²) in [5.41, 5.74) is 2.23. The van der Waals surface area contributed by atoms with E-state index in [1.165, 1.54) is 5.56 Å². The van der Waals surface area contributed by atoms with Gasteiger partial charge in [0, 0.05) is 18.5 Å². The molecular formula is C17H22N2O2S. The van der Waals surface area contributed by atoms with Gasteiger partial charge in [0.15, 0.2) is 0 Å². The molecule has 0 bridgehead atoms. The highest BCUT2D eigenvalue weighted by Gasteiger charge is 2.11. The van der Waals surface area contributed by atoms with E-state index in [0.29, 0.717) is 19.6 Å². The van der Waals surface area contributed by atoms with E-state index in [1.807, 2.05) is 25.1 Å². The second-order valence-corrected chi connectivity index (χ2v) is 6.33. The van der Waals surface area contributed by atoms with Crippen LogP contribution in [-0.4, -0.2) is 24.5 Å². The number of amides is 1. The van der Waals surface area contributed by atoms with Gasteiger partial charge in [-0.05, 0) is 25.3 Å². The number of carbonyl (C=O) groups excluding carboxylic acids is 1. The largest absolute Gasteiger partial charge is 0.378 e. The fraction of sp³-hybridized carbons (Fsp3) is 0.412. The van der Waals surface area contributed by atoms with Crippen molar-refractivity contribution in [2.24, 2.45) is 0 Å². The van der Waals surface area contributed by atoms with Crippen molar-refractivity contribution in [3.63, 3.8) is 0 Å². The molecule has 1 amide bonds. The summed E-state index contributed by atoms with van der Waals surface area (Å²) < 4.78 is 5.07. The van der Waals surface area contributed by atoms with Crippen molar-refractivity contribution in [3.8, 4) is 0 Å². The minimum absolute atomic E-state index is 0.0591. The molecule has 0 aliphatic heterocycles. The average Bonchev–Trinajstić information content (AvgIpc) is 2.85. The molecule has 4 nitrogen and oxygen atoms in total. The number of aromatic nitrogens is 1. The second-order valence-electron chi connectivity index (χ2n) is 5.17. The van der Waals surface area contributed by atoms with Gasteiger partial charge in [0.1, 0.15) is 5.01 Å². The third-order valence-corrected chi connectivity index (χ3v) is 4.46. The molecule has 0 atom stereocenters. The van der Waals surface area contributed by atoms with Crippen molar-refractivity contribution in [1.29, 1.82) is 0 Å². The number of thiazole rings is 1. The number of hydrogen-bond donors (Lipinski definition) is 1. The lowest BCUT2D eigenvalue weighted by Gasteiger charge is -2.05. The Kier molecular flexibility index (Phi) is 6.55. The Bertz CT molecular complexity index is 596. The van der Waals surface area contributed by atoms with Gasteiger partial charge in [0.05, 0.1) is 18.7 Å². The first-order chi connectivity index (χ1) is 10.7. The molecule has 2 rings (SSSR count). The Labute approximate surface area is 135 Å². The first kappa shape index (κ1) is 16.6. The Morgan fingerprint density at radius 3 is 2.82 bits per heavy atom. The summed E-state index contributed by atoms with van der Waals surface area (Å²) in [6, 6.07) is 10.3. The normalized spacial score (nSPS) is 10.6. The summed E-state index contributed by atoms with van der Waals surface area (Å²) in [7, 11) is 1.65. The molecule has 1 aromatic heterocycles. The van der Waals surface area contributed by atoms with Crippen LogP contribution >= 0.6 is 11.3 Å². The molecular weight excluding hydrogens is 296 g/mol.